The third kappa shape index (κ3) is 3.28. The van der Waals surface area contributed by atoms with Gasteiger partial charge >= 0.3 is 0 Å². The van der Waals surface area contributed by atoms with Crippen LogP contribution in [0.15, 0.2) is 23.5 Å². The molecule has 1 heterocycles. The average Bonchev–Trinajstić information content (AvgIpc) is 2.70. The zero-order valence-electron chi connectivity index (χ0n) is 13.7. The Morgan fingerprint density at radius 2 is 2.21 bits per heavy atom. The Hall–Kier alpha value is -1.51. The van der Waals surface area contributed by atoms with Crippen LogP contribution >= 0.6 is 11.3 Å². The van der Waals surface area contributed by atoms with Crippen molar-refractivity contribution in [3.8, 4) is 0 Å². The lowest BCUT2D eigenvalue weighted by atomic mass is 10.1. The molecule has 0 atom stereocenters. The van der Waals surface area contributed by atoms with Crippen molar-refractivity contribution in [1.82, 2.24) is 0 Å². The van der Waals surface area contributed by atoms with Crippen LogP contribution in [0.3, 0.4) is 0 Å². The number of hydrogen-bond acceptors (Lipinski definition) is 6. The van der Waals surface area contributed by atoms with Crippen molar-refractivity contribution in [2.45, 2.75) is 6.42 Å². The molecule has 0 amide bonds. The molecule has 1 aromatic heterocycles. The number of hydrogen-bond donors (Lipinski definition) is 0. The largest absolute Gasteiger partial charge is 0.273 e. The normalized spacial score (nSPS) is 14.8. The number of thiophene rings is 1. The first-order valence-corrected chi connectivity index (χ1v) is 7.68. The molecule has 0 aliphatic carbocycles. The van der Waals surface area contributed by atoms with Crippen molar-refractivity contribution in [1.29, 1.82) is 0 Å². The summed E-state index contributed by atoms with van der Waals surface area (Å²) < 4.78 is 57.9. The summed E-state index contributed by atoms with van der Waals surface area (Å²) in [5, 5.41) is 11.1. The predicted octanol–water partition coefficient (Wildman–Crippen LogP) is 2.33. The zero-order chi connectivity index (χ0) is 17.5. The molecule has 0 unspecified atom stereocenters. The van der Waals surface area contributed by atoms with E-state index in [-0.39, 0.29) is 33.5 Å². The third-order valence-corrected chi connectivity index (χ3v) is 3.58. The highest BCUT2D eigenvalue weighted by Gasteiger charge is 2.17. The van der Waals surface area contributed by atoms with Gasteiger partial charge in [-0.05, 0) is 17.4 Å². The van der Waals surface area contributed by atoms with Gasteiger partial charge in [0, 0.05) is 28.1 Å². The molecule has 0 aliphatic heterocycles. The fourth-order valence-electron chi connectivity index (χ4n) is 1.54. The van der Waals surface area contributed by atoms with E-state index in [2.05, 4.69) is 4.18 Å². The second kappa shape index (κ2) is 5.24. The van der Waals surface area contributed by atoms with Crippen molar-refractivity contribution >= 4 is 37.2 Å². The predicted molar refractivity (Wildman–Crippen MR) is 73.0 cm³/mol. The maximum Gasteiger partial charge on any atom is 0.273 e. The fraction of sp³-hybridized carbons (Fsp3) is 0.273. The van der Waals surface area contributed by atoms with Crippen molar-refractivity contribution in [2.24, 2.45) is 0 Å². The monoisotopic (exact) mass is 305 g/mol. The number of nitrogens with zero attached hydrogens (tertiary/aromatic N) is 1. The molecule has 2 rings (SSSR count). The minimum atomic E-state index is -3.74. The summed E-state index contributed by atoms with van der Waals surface area (Å²) in [4.78, 5) is 10.4. The van der Waals surface area contributed by atoms with E-state index in [4.69, 9.17) is 5.48 Å². The van der Waals surface area contributed by atoms with E-state index in [0.29, 0.717) is 0 Å². The molecule has 2 aromatic rings. The van der Waals surface area contributed by atoms with Gasteiger partial charge < -0.3 is 0 Å². The Bertz CT molecular complexity index is 909. The molecule has 6 nitrogen and oxygen atoms in total. The van der Waals surface area contributed by atoms with E-state index in [9.17, 15) is 18.5 Å². The molecule has 102 valence electrons. The highest BCUT2D eigenvalue weighted by atomic mass is 32.2. The van der Waals surface area contributed by atoms with Gasteiger partial charge in [-0.1, -0.05) is 0 Å². The molecular weight excluding hydrogens is 290 g/mol. The van der Waals surface area contributed by atoms with E-state index in [0.717, 1.165) is 17.6 Å². The van der Waals surface area contributed by atoms with E-state index in [1.165, 1.54) is 0 Å². The lowest BCUT2D eigenvalue weighted by Gasteiger charge is -2.05. The van der Waals surface area contributed by atoms with Gasteiger partial charge in [-0.2, -0.15) is 8.42 Å². The molecule has 0 radical (unpaired) electrons. The smallest absolute Gasteiger partial charge is 0.270 e. The van der Waals surface area contributed by atoms with Crippen molar-refractivity contribution in [2.75, 3.05) is 12.9 Å². The van der Waals surface area contributed by atoms with Gasteiger partial charge in [-0.3, -0.25) is 14.3 Å². The maximum atomic E-state index is 11.3. The Labute approximate surface area is 119 Å². The topological polar surface area (TPSA) is 86.5 Å². The van der Waals surface area contributed by atoms with Gasteiger partial charge in [0.2, 0.25) is 0 Å². The quantitative estimate of drug-likeness (QED) is 0.480. The van der Waals surface area contributed by atoms with E-state index in [1.807, 2.05) is 0 Å². The van der Waals surface area contributed by atoms with Crippen LogP contribution in [0.1, 0.15) is 11.0 Å². The highest BCUT2D eigenvalue weighted by Crippen LogP contribution is 2.31. The van der Waals surface area contributed by atoms with Gasteiger partial charge in [0.25, 0.3) is 15.8 Å². The zero-order valence-corrected chi connectivity index (χ0v) is 11.4. The molecular formula is C11H11NO5S2. The summed E-state index contributed by atoms with van der Waals surface area (Å²) in [5.74, 6) is 0. The number of benzene rings is 1. The van der Waals surface area contributed by atoms with Crippen LogP contribution in [-0.2, 0) is 20.7 Å². The summed E-state index contributed by atoms with van der Waals surface area (Å²) >= 11 is 0.783. The molecule has 0 aliphatic rings. The number of fused-ring (bicyclic) bond motifs is 1. The first kappa shape index (κ1) is 9.40. The van der Waals surface area contributed by atoms with Gasteiger partial charge in [0.05, 0.1) is 23.3 Å². The van der Waals surface area contributed by atoms with E-state index < -0.39 is 39.4 Å². The molecule has 0 N–H and O–H groups in total. The molecule has 1 aromatic carbocycles. The standard InChI is InChI=1S/C11H11NO5S2/c1-19(15,16)17-6-4-8-9-5-7-18-11(9)3-2-10(8)12(13)14/h2-3,5,7H,4,6H2,1H3/i2D,3D,5D,7D. The summed E-state index contributed by atoms with van der Waals surface area (Å²) in [6.45, 7) is -0.395. The number of nitro groups is 1. The summed E-state index contributed by atoms with van der Waals surface area (Å²) in [6, 6.07) is -1.33. The number of nitro benzene ring substituents is 1. The summed E-state index contributed by atoms with van der Waals surface area (Å²) in [7, 11) is -3.74. The Kier molecular flexibility index (Phi) is 2.59. The first-order chi connectivity index (χ1) is 10.5. The molecule has 0 saturated heterocycles. The second-order valence-corrected chi connectivity index (χ2v) is 6.10. The summed E-state index contributed by atoms with van der Waals surface area (Å²) in [5.41, 5.74) is -0.722. The average molecular weight is 305 g/mol. The van der Waals surface area contributed by atoms with Crippen LogP contribution < -0.4 is 0 Å². The summed E-state index contributed by atoms with van der Waals surface area (Å²) in [6.07, 6.45) is 0.607. The molecule has 8 heteroatoms. The minimum Gasteiger partial charge on any atom is -0.270 e. The van der Waals surface area contributed by atoms with Crippen LogP contribution in [0.5, 0.6) is 0 Å². The van der Waals surface area contributed by atoms with Crippen molar-refractivity contribution in [3.63, 3.8) is 0 Å². The van der Waals surface area contributed by atoms with Crippen LogP contribution in [-0.4, -0.2) is 26.2 Å². The lowest BCUT2D eigenvalue weighted by molar-refractivity contribution is -0.385. The van der Waals surface area contributed by atoms with Gasteiger partial charge in [-0.15, -0.1) is 11.3 Å². The Morgan fingerprint density at radius 1 is 1.47 bits per heavy atom. The molecule has 0 bridgehead atoms. The van der Waals surface area contributed by atoms with E-state index >= 15 is 0 Å². The lowest BCUT2D eigenvalue weighted by Crippen LogP contribution is -2.07. The Morgan fingerprint density at radius 3 is 2.84 bits per heavy atom. The minimum absolute atomic E-state index is 0.0322. The molecule has 0 fully saturated rings. The van der Waals surface area contributed by atoms with Crippen LogP contribution in [0, 0.1) is 10.1 Å². The highest BCUT2D eigenvalue weighted by molar-refractivity contribution is 7.85. The molecule has 0 saturated carbocycles. The van der Waals surface area contributed by atoms with Gasteiger partial charge in [-0.25, -0.2) is 0 Å². The van der Waals surface area contributed by atoms with Crippen LogP contribution in [0.4, 0.5) is 5.69 Å². The van der Waals surface area contributed by atoms with Crippen molar-refractivity contribution < 1.29 is 23.0 Å². The fourth-order valence-corrected chi connectivity index (χ4v) is 2.56. The second-order valence-electron chi connectivity index (χ2n) is 3.64. The van der Waals surface area contributed by atoms with E-state index in [1.54, 1.807) is 0 Å². The van der Waals surface area contributed by atoms with Crippen molar-refractivity contribution in [3.05, 3.63) is 39.2 Å². The number of rotatable bonds is 5. The van der Waals surface area contributed by atoms with Gasteiger partial charge in [0.15, 0.2) is 0 Å². The SMILES string of the molecule is [2H]c1sc2c([2H])c([2H])c([N+](=O)[O-])c(CCOS(C)(=O)=O)c2c1[2H]. The molecule has 0 spiro atoms. The maximum absolute atomic E-state index is 11.3. The van der Waals surface area contributed by atoms with Gasteiger partial charge in [0.1, 0.15) is 0 Å². The third-order valence-electron chi connectivity index (χ3n) is 2.27. The molecule has 19 heavy (non-hydrogen) atoms. The van der Waals surface area contributed by atoms with Crippen LogP contribution in [0.2, 0.25) is 0 Å². The first-order valence-electron chi connectivity index (χ1n) is 7.05. The Balaban J connectivity index is 2.70. The van der Waals surface area contributed by atoms with Crippen LogP contribution in [0.25, 0.3) is 10.1 Å².